The third-order valence-corrected chi connectivity index (χ3v) is 2.97. The summed E-state index contributed by atoms with van der Waals surface area (Å²) in [7, 11) is 0. The molecular formula is C16H26. The molecule has 0 nitrogen and oxygen atoms in total. The summed E-state index contributed by atoms with van der Waals surface area (Å²) in [5, 5.41) is 0. The molecule has 0 aliphatic heterocycles. The molecule has 0 bridgehead atoms. The van der Waals surface area contributed by atoms with Crippen LogP contribution in [0.1, 0.15) is 58.2 Å². The first-order valence-corrected chi connectivity index (χ1v) is 6.46. The monoisotopic (exact) mass is 218 g/mol. The first kappa shape index (κ1) is 13.3. The number of rotatable bonds is 3. The Morgan fingerprint density at radius 3 is 2.00 bits per heavy atom. The highest BCUT2D eigenvalue weighted by Gasteiger charge is 2.15. The van der Waals surface area contributed by atoms with E-state index in [1.54, 1.807) is 0 Å². The molecule has 0 heteroatoms. The summed E-state index contributed by atoms with van der Waals surface area (Å²) in [4.78, 5) is 0. The minimum Gasteiger partial charge on any atom is -0.0625 e. The van der Waals surface area contributed by atoms with Crippen LogP contribution >= 0.6 is 0 Å². The molecule has 90 valence electrons. The zero-order valence-corrected chi connectivity index (χ0v) is 11.7. The van der Waals surface area contributed by atoms with Gasteiger partial charge in [0.05, 0.1) is 0 Å². The van der Waals surface area contributed by atoms with E-state index in [0.29, 0.717) is 0 Å². The van der Waals surface area contributed by atoms with Crippen LogP contribution in [0, 0.1) is 5.92 Å². The summed E-state index contributed by atoms with van der Waals surface area (Å²) in [6.07, 6.45) is 2.33. The molecule has 0 saturated carbocycles. The Morgan fingerprint density at radius 2 is 1.56 bits per heavy atom. The summed E-state index contributed by atoms with van der Waals surface area (Å²) >= 11 is 0. The van der Waals surface area contributed by atoms with Gasteiger partial charge in [-0.15, -0.1) is 0 Å². The van der Waals surface area contributed by atoms with Gasteiger partial charge in [0.25, 0.3) is 0 Å². The number of hydrogen-bond acceptors (Lipinski definition) is 0. The van der Waals surface area contributed by atoms with Gasteiger partial charge in [-0.05, 0) is 40.9 Å². The number of hydrogen-bond donors (Lipinski definition) is 0. The molecule has 0 saturated heterocycles. The van der Waals surface area contributed by atoms with Crippen molar-refractivity contribution in [3.05, 3.63) is 34.9 Å². The zero-order chi connectivity index (χ0) is 12.3. The molecule has 1 aromatic carbocycles. The van der Waals surface area contributed by atoms with Crippen molar-refractivity contribution in [2.45, 2.75) is 59.8 Å². The summed E-state index contributed by atoms with van der Waals surface area (Å²) in [6, 6.07) is 7.12. The highest BCUT2D eigenvalue weighted by molar-refractivity contribution is 5.34. The lowest BCUT2D eigenvalue weighted by Crippen LogP contribution is -2.12. The second kappa shape index (κ2) is 5.03. The highest BCUT2D eigenvalue weighted by Crippen LogP contribution is 2.25. The van der Waals surface area contributed by atoms with Crippen molar-refractivity contribution < 1.29 is 0 Å². The summed E-state index contributed by atoms with van der Waals surface area (Å²) in [5.41, 5.74) is 4.71. The van der Waals surface area contributed by atoms with Gasteiger partial charge in [0.1, 0.15) is 0 Å². The molecule has 0 unspecified atom stereocenters. The van der Waals surface area contributed by atoms with Crippen LogP contribution in [0.5, 0.6) is 0 Å². The summed E-state index contributed by atoms with van der Waals surface area (Å²) in [6.45, 7) is 13.7. The molecular weight excluding hydrogens is 192 g/mol. The third-order valence-electron chi connectivity index (χ3n) is 2.97. The molecule has 0 heterocycles. The van der Waals surface area contributed by atoms with Gasteiger partial charge in [-0.3, -0.25) is 0 Å². The number of aryl methyl sites for hydroxylation is 1. The van der Waals surface area contributed by atoms with E-state index in [2.05, 4.69) is 59.7 Å². The van der Waals surface area contributed by atoms with Crippen molar-refractivity contribution in [2.75, 3.05) is 0 Å². The lowest BCUT2D eigenvalue weighted by Gasteiger charge is -2.21. The van der Waals surface area contributed by atoms with E-state index < -0.39 is 0 Å². The Balaban J connectivity index is 3.11. The van der Waals surface area contributed by atoms with Gasteiger partial charge in [-0.1, -0.05) is 59.7 Å². The van der Waals surface area contributed by atoms with Crippen molar-refractivity contribution in [1.29, 1.82) is 0 Å². The molecule has 0 spiro atoms. The van der Waals surface area contributed by atoms with Gasteiger partial charge in [0.15, 0.2) is 0 Å². The van der Waals surface area contributed by atoms with Crippen LogP contribution in [0.3, 0.4) is 0 Å². The smallest absolute Gasteiger partial charge is 0.0132 e. The van der Waals surface area contributed by atoms with E-state index in [1.165, 1.54) is 23.1 Å². The largest absolute Gasteiger partial charge is 0.0625 e. The normalized spacial score (nSPS) is 12.2. The average Bonchev–Trinajstić information content (AvgIpc) is 2.14. The van der Waals surface area contributed by atoms with Crippen LogP contribution < -0.4 is 0 Å². The van der Waals surface area contributed by atoms with Crippen LogP contribution in [-0.4, -0.2) is 0 Å². The average molecular weight is 218 g/mol. The lowest BCUT2D eigenvalue weighted by atomic mass is 9.84. The SMILES string of the molecule is CCc1cc(CC(C)C)cc(C(C)(C)C)c1. The van der Waals surface area contributed by atoms with Gasteiger partial charge >= 0.3 is 0 Å². The fraction of sp³-hybridized carbons (Fsp3) is 0.625. The standard InChI is InChI=1S/C16H26/c1-7-13-9-14(8-12(2)3)11-15(10-13)16(4,5)6/h9-12H,7-8H2,1-6H3. The van der Waals surface area contributed by atoms with E-state index in [9.17, 15) is 0 Å². The fourth-order valence-electron chi connectivity index (χ4n) is 1.99. The molecule has 0 fully saturated rings. The van der Waals surface area contributed by atoms with Crippen LogP contribution in [0.25, 0.3) is 0 Å². The Morgan fingerprint density at radius 1 is 1.00 bits per heavy atom. The van der Waals surface area contributed by atoms with Crippen LogP contribution in [0.4, 0.5) is 0 Å². The first-order chi connectivity index (χ1) is 7.32. The molecule has 0 aromatic heterocycles. The van der Waals surface area contributed by atoms with E-state index in [-0.39, 0.29) is 5.41 Å². The van der Waals surface area contributed by atoms with Crippen molar-refractivity contribution in [2.24, 2.45) is 5.92 Å². The second-order valence-electron chi connectivity index (χ2n) is 6.24. The van der Waals surface area contributed by atoms with Gasteiger partial charge in [-0.2, -0.15) is 0 Å². The quantitative estimate of drug-likeness (QED) is 0.687. The maximum Gasteiger partial charge on any atom is -0.0132 e. The van der Waals surface area contributed by atoms with Crippen LogP contribution in [-0.2, 0) is 18.3 Å². The lowest BCUT2D eigenvalue weighted by molar-refractivity contribution is 0.585. The van der Waals surface area contributed by atoms with Crippen LogP contribution in [0.2, 0.25) is 0 Å². The van der Waals surface area contributed by atoms with E-state index in [4.69, 9.17) is 0 Å². The summed E-state index contributed by atoms with van der Waals surface area (Å²) < 4.78 is 0. The molecule has 16 heavy (non-hydrogen) atoms. The molecule has 0 radical (unpaired) electrons. The van der Waals surface area contributed by atoms with Gasteiger partial charge in [-0.25, -0.2) is 0 Å². The summed E-state index contributed by atoms with van der Waals surface area (Å²) in [5.74, 6) is 0.736. The maximum atomic E-state index is 2.39. The third kappa shape index (κ3) is 3.66. The number of benzene rings is 1. The molecule has 0 N–H and O–H groups in total. The fourth-order valence-corrected chi connectivity index (χ4v) is 1.99. The molecule has 1 aromatic rings. The van der Waals surface area contributed by atoms with Gasteiger partial charge in [0.2, 0.25) is 0 Å². The first-order valence-electron chi connectivity index (χ1n) is 6.46. The van der Waals surface area contributed by atoms with Crippen molar-refractivity contribution in [1.82, 2.24) is 0 Å². The van der Waals surface area contributed by atoms with Crippen molar-refractivity contribution in [3.63, 3.8) is 0 Å². The van der Waals surface area contributed by atoms with Crippen molar-refractivity contribution >= 4 is 0 Å². The van der Waals surface area contributed by atoms with Crippen molar-refractivity contribution in [3.8, 4) is 0 Å². The van der Waals surface area contributed by atoms with E-state index >= 15 is 0 Å². The Labute approximate surface area is 101 Å². The predicted molar refractivity (Wildman–Crippen MR) is 73.1 cm³/mol. The maximum absolute atomic E-state index is 2.39. The Hall–Kier alpha value is -0.780. The highest BCUT2D eigenvalue weighted by atomic mass is 14.2. The Bertz CT molecular complexity index is 340. The topological polar surface area (TPSA) is 0 Å². The molecule has 0 amide bonds. The minimum absolute atomic E-state index is 0.261. The Kier molecular flexibility index (Phi) is 4.18. The minimum atomic E-state index is 0.261. The van der Waals surface area contributed by atoms with Crippen LogP contribution in [0.15, 0.2) is 18.2 Å². The van der Waals surface area contributed by atoms with E-state index in [1.807, 2.05) is 0 Å². The van der Waals surface area contributed by atoms with E-state index in [0.717, 1.165) is 12.3 Å². The second-order valence-corrected chi connectivity index (χ2v) is 6.24. The zero-order valence-electron chi connectivity index (χ0n) is 11.7. The predicted octanol–water partition coefficient (Wildman–Crippen LogP) is 4.75. The van der Waals surface area contributed by atoms with Gasteiger partial charge in [0, 0.05) is 0 Å². The molecule has 1 rings (SSSR count). The molecule has 0 aliphatic rings. The van der Waals surface area contributed by atoms with Gasteiger partial charge < -0.3 is 0 Å². The molecule has 0 aliphatic carbocycles. The molecule has 0 atom stereocenters.